The summed E-state index contributed by atoms with van der Waals surface area (Å²) in [6, 6.07) is 6.67. The van der Waals surface area contributed by atoms with E-state index in [0.717, 1.165) is 25.2 Å². The number of likely N-dealkylation sites (tertiary alicyclic amines) is 1. The number of nitrogens with zero attached hydrogens (tertiary/aromatic N) is 3. The van der Waals surface area contributed by atoms with Crippen LogP contribution in [0.3, 0.4) is 0 Å². The molecule has 1 aliphatic carbocycles. The van der Waals surface area contributed by atoms with Gasteiger partial charge in [-0.1, -0.05) is 17.7 Å². The number of ether oxygens (including phenoxy) is 1. The van der Waals surface area contributed by atoms with Crippen LogP contribution in [0.4, 0.5) is 27.6 Å². The number of carbonyl (C=O) groups excluding carboxylic acids is 1. The monoisotopic (exact) mass is 705 g/mol. The van der Waals surface area contributed by atoms with E-state index >= 15 is 4.39 Å². The first-order chi connectivity index (χ1) is 22.0. The van der Waals surface area contributed by atoms with E-state index in [9.17, 15) is 30.8 Å². The largest absolute Gasteiger partial charge is 0.407 e. The minimum atomic E-state index is -4.78. The highest BCUT2D eigenvalue weighted by atomic mass is 35.5. The van der Waals surface area contributed by atoms with Crippen LogP contribution in [0.5, 0.6) is 0 Å². The average molecular weight is 706 g/mol. The van der Waals surface area contributed by atoms with E-state index in [0.29, 0.717) is 64.9 Å². The van der Waals surface area contributed by atoms with Gasteiger partial charge in [0.1, 0.15) is 18.2 Å². The number of hydrogen-bond acceptors (Lipinski definition) is 5. The van der Waals surface area contributed by atoms with Crippen LogP contribution in [0.15, 0.2) is 30.3 Å². The van der Waals surface area contributed by atoms with Gasteiger partial charge in [0.15, 0.2) is 0 Å². The summed E-state index contributed by atoms with van der Waals surface area (Å²) in [7, 11) is -2.27. The zero-order chi connectivity index (χ0) is 34.3. The highest BCUT2D eigenvalue weighted by molar-refractivity contribution is 7.92. The van der Waals surface area contributed by atoms with E-state index in [-0.39, 0.29) is 42.7 Å². The molecule has 260 valence electrons. The summed E-state index contributed by atoms with van der Waals surface area (Å²) >= 11 is 6.39. The number of sulfonamides is 1. The van der Waals surface area contributed by atoms with Crippen molar-refractivity contribution in [3.05, 3.63) is 63.7 Å². The molecule has 7 nitrogen and oxygen atoms in total. The summed E-state index contributed by atoms with van der Waals surface area (Å²) in [4.78, 5) is 18.2. The van der Waals surface area contributed by atoms with Crippen LogP contribution in [0.25, 0.3) is 0 Å². The number of piperidine rings is 1. The second kappa shape index (κ2) is 14.2. The lowest BCUT2D eigenvalue weighted by atomic mass is 9.85. The van der Waals surface area contributed by atoms with Crippen molar-refractivity contribution in [2.24, 2.45) is 5.92 Å². The van der Waals surface area contributed by atoms with E-state index < -0.39 is 46.2 Å². The molecule has 0 spiro atoms. The summed E-state index contributed by atoms with van der Waals surface area (Å²) < 4.78 is 101. The maximum absolute atomic E-state index is 15.1. The molecular weight excluding hydrogens is 665 g/mol. The van der Waals surface area contributed by atoms with Crippen LogP contribution in [-0.2, 0) is 19.6 Å². The summed E-state index contributed by atoms with van der Waals surface area (Å²) in [6.45, 7) is 1.79. The molecule has 0 radical (unpaired) electrons. The third-order valence-corrected chi connectivity index (χ3v) is 11.6. The zero-order valence-corrected chi connectivity index (χ0v) is 28.3. The van der Waals surface area contributed by atoms with Crippen molar-refractivity contribution >= 4 is 33.2 Å². The Morgan fingerprint density at radius 3 is 2.26 bits per heavy atom. The summed E-state index contributed by atoms with van der Waals surface area (Å²) in [5, 5.41) is 0.303. The van der Waals surface area contributed by atoms with Gasteiger partial charge in [0, 0.05) is 55.4 Å². The molecule has 2 aliphatic heterocycles. The van der Waals surface area contributed by atoms with Crippen molar-refractivity contribution in [1.82, 2.24) is 9.80 Å². The first kappa shape index (κ1) is 35.8. The molecule has 47 heavy (non-hydrogen) atoms. The lowest BCUT2D eigenvalue weighted by Crippen LogP contribution is -2.44. The minimum Gasteiger partial charge on any atom is -0.381 e. The first-order valence-electron chi connectivity index (χ1n) is 15.9. The molecule has 3 fully saturated rings. The lowest BCUT2D eigenvalue weighted by molar-refractivity contribution is -0.137. The quantitative estimate of drug-likeness (QED) is 0.289. The second-order valence-corrected chi connectivity index (χ2v) is 15.5. The number of hydrogen-bond donors (Lipinski definition) is 0. The van der Waals surface area contributed by atoms with E-state index in [4.69, 9.17) is 16.3 Å². The van der Waals surface area contributed by atoms with Crippen molar-refractivity contribution in [2.45, 2.75) is 75.5 Å². The Balaban J connectivity index is 1.37. The van der Waals surface area contributed by atoms with Crippen LogP contribution < -0.4 is 4.31 Å². The molecule has 2 saturated heterocycles. The molecule has 1 amide bonds. The molecule has 5 rings (SSSR count). The molecule has 3 unspecified atom stereocenters. The number of carbonyl (C=O) groups is 1. The van der Waals surface area contributed by atoms with Gasteiger partial charge in [-0.05, 0) is 99.2 Å². The SMILES string of the molecule is Cc1cc(N(CC(F)(F)F)S(C)(=O)=O)c(C2CCN(C(=O)C3CC(N(C)C4CCOCC4)CC3c3ccc(F)cc3F)CC2)cc1Cl. The second-order valence-electron chi connectivity index (χ2n) is 13.2. The fourth-order valence-corrected chi connectivity index (χ4v) is 8.64. The van der Waals surface area contributed by atoms with Crippen molar-refractivity contribution in [3.63, 3.8) is 0 Å². The Hall–Kier alpha value is -2.48. The number of amides is 1. The van der Waals surface area contributed by atoms with Crippen LogP contribution in [-0.4, -0.2) is 88.5 Å². The van der Waals surface area contributed by atoms with Crippen molar-refractivity contribution in [1.29, 1.82) is 0 Å². The molecule has 14 heteroatoms. The van der Waals surface area contributed by atoms with Crippen molar-refractivity contribution in [2.75, 3.05) is 50.5 Å². The van der Waals surface area contributed by atoms with Crippen LogP contribution in [0.1, 0.15) is 67.1 Å². The van der Waals surface area contributed by atoms with Gasteiger partial charge in [-0.25, -0.2) is 17.2 Å². The molecule has 0 bridgehead atoms. The molecule has 2 heterocycles. The first-order valence-corrected chi connectivity index (χ1v) is 18.1. The summed E-state index contributed by atoms with van der Waals surface area (Å²) in [5.41, 5.74) is 1.06. The van der Waals surface area contributed by atoms with E-state index in [2.05, 4.69) is 4.90 Å². The van der Waals surface area contributed by atoms with E-state index in [1.165, 1.54) is 24.3 Å². The lowest BCUT2D eigenvalue weighted by Gasteiger charge is -2.37. The van der Waals surface area contributed by atoms with Crippen LogP contribution in [0, 0.1) is 24.5 Å². The van der Waals surface area contributed by atoms with Gasteiger partial charge in [0.25, 0.3) is 0 Å². The fraction of sp³-hybridized carbons (Fsp3) is 0.606. The summed E-state index contributed by atoms with van der Waals surface area (Å²) in [6.07, 6.45) is -0.532. The Morgan fingerprint density at radius 1 is 1.00 bits per heavy atom. The number of alkyl halides is 3. The van der Waals surface area contributed by atoms with Gasteiger partial charge in [-0.2, -0.15) is 13.2 Å². The van der Waals surface area contributed by atoms with Gasteiger partial charge in [0.2, 0.25) is 15.9 Å². The Morgan fingerprint density at radius 2 is 1.66 bits per heavy atom. The average Bonchev–Trinajstić information content (AvgIpc) is 3.45. The molecule has 3 aliphatic rings. The minimum absolute atomic E-state index is 0.00640. The summed E-state index contributed by atoms with van der Waals surface area (Å²) in [5.74, 6) is -2.87. The molecule has 2 aromatic carbocycles. The number of benzene rings is 2. The highest BCUT2D eigenvalue weighted by Gasteiger charge is 2.45. The van der Waals surface area contributed by atoms with Crippen molar-refractivity contribution in [3.8, 4) is 0 Å². The normalized spacial score (nSPS) is 23.4. The fourth-order valence-electron chi connectivity index (χ4n) is 7.57. The predicted octanol–water partition coefficient (Wildman–Crippen LogP) is 6.63. The standard InChI is InChI=1S/C33H41ClF5N3O4S/c1-20-14-31(42(47(3,44)45)19-33(37,38)39)26(18-29(20)34)21-6-10-41(11-7-21)32(43)28-17-24(40(2)23-8-12-46-13-9-23)16-27(28)25-5-4-22(35)15-30(25)36/h4-5,14-15,18,21,23-24,27-28H,6-13,16-17,19H2,1-3H3. The van der Waals surface area contributed by atoms with E-state index in [1.54, 1.807) is 11.8 Å². The zero-order valence-electron chi connectivity index (χ0n) is 26.7. The van der Waals surface area contributed by atoms with Gasteiger partial charge in [0.05, 0.1) is 11.9 Å². The molecule has 3 atom stereocenters. The van der Waals surface area contributed by atoms with Crippen LogP contribution >= 0.6 is 11.6 Å². The molecule has 0 N–H and O–H groups in total. The number of halogens is 6. The Bertz CT molecular complexity index is 1560. The smallest absolute Gasteiger partial charge is 0.381 e. The third kappa shape index (κ3) is 8.22. The highest BCUT2D eigenvalue weighted by Crippen LogP contribution is 2.46. The maximum Gasteiger partial charge on any atom is 0.407 e. The third-order valence-electron chi connectivity index (χ3n) is 10.1. The number of rotatable bonds is 8. The van der Waals surface area contributed by atoms with Gasteiger partial charge in [-0.3, -0.25) is 9.10 Å². The Kier molecular flexibility index (Phi) is 10.8. The molecule has 2 aromatic rings. The Labute approximate surface area is 278 Å². The predicted molar refractivity (Wildman–Crippen MR) is 170 cm³/mol. The maximum atomic E-state index is 15.1. The molecule has 1 saturated carbocycles. The topological polar surface area (TPSA) is 70.2 Å². The molecular formula is C33H41ClF5N3O4S. The van der Waals surface area contributed by atoms with Gasteiger partial charge in [-0.15, -0.1) is 0 Å². The van der Waals surface area contributed by atoms with Gasteiger partial charge >= 0.3 is 6.18 Å². The van der Waals surface area contributed by atoms with E-state index in [1.807, 2.05) is 7.05 Å². The van der Waals surface area contributed by atoms with Crippen molar-refractivity contribution < 1.29 is 39.9 Å². The van der Waals surface area contributed by atoms with Gasteiger partial charge < -0.3 is 14.5 Å². The number of aryl methyl sites for hydroxylation is 1. The number of anilines is 1. The van der Waals surface area contributed by atoms with Crippen LogP contribution in [0.2, 0.25) is 5.02 Å². The molecule has 0 aromatic heterocycles.